The minimum atomic E-state index is -4.20. The van der Waals surface area contributed by atoms with Crippen LogP contribution in [-0.4, -0.2) is 43.8 Å². The molecule has 208 valence electrons. The van der Waals surface area contributed by atoms with Gasteiger partial charge in [0.15, 0.2) is 0 Å². The number of anilines is 1. The highest BCUT2D eigenvalue weighted by molar-refractivity contribution is 7.92. The van der Waals surface area contributed by atoms with Crippen LogP contribution in [-0.2, 0) is 26.2 Å². The number of halogens is 1. The van der Waals surface area contributed by atoms with E-state index >= 15 is 0 Å². The summed E-state index contributed by atoms with van der Waals surface area (Å²) in [4.78, 5) is 28.3. The molecule has 3 aromatic carbocycles. The molecule has 9 heteroatoms. The smallest absolute Gasteiger partial charge is 0.264 e. The van der Waals surface area contributed by atoms with Gasteiger partial charge in [0.2, 0.25) is 11.8 Å². The van der Waals surface area contributed by atoms with Gasteiger partial charge in [-0.15, -0.1) is 0 Å². The van der Waals surface area contributed by atoms with E-state index in [-0.39, 0.29) is 29.1 Å². The zero-order chi connectivity index (χ0) is 28.7. The van der Waals surface area contributed by atoms with Crippen LogP contribution in [0, 0.1) is 19.7 Å². The van der Waals surface area contributed by atoms with E-state index in [0.717, 1.165) is 39.5 Å². The molecule has 0 aliphatic heterocycles. The van der Waals surface area contributed by atoms with Crippen LogP contribution in [0.25, 0.3) is 0 Å². The minimum Gasteiger partial charge on any atom is -0.352 e. The predicted octanol–water partition coefficient (Wildman–Crippen LogP) is 4.97. The van der Waals surface area contributed by atoms with Gasteiger partial charge in [0.05, 0.1) is 10.6 Å². The van der Waals surface area contributed by atoms with Crippen LogP contribution < -0.4 is 9.62 Å². The Morgan fingerprint density at radius 1 is 0.872 bits per heavy atom. The average molecular weight is 554 g/mol. The third-order valence-electron chi connectivity index (χ3n) is 6.64. The molecule has 0 radical (unpaired) electrons. The number of nitrogens with zero attached hydrogens (tertiary/aromatic N) is 2. The number of carbonyl (C=O) groups is 2. The van der Waals surface area contributed by atoms with Crippen molar-refractivity contribution in [3.05, 3.63) is 95.3 Å². The number of nitrogens with one attached hydrogen (secondary N) is 1. The Balaban J connectivity index is 2.01. The fourth-order valence-electron chi connectivity index (χ4n) is 3.91. The summed E-state index contributed by atoms with van der Waals surface area (Å²) in [5.41, 5.74) is 2.86. The lowest BCUT2D eigenvalue weighted by Crippen LogP contribution is -2.52. The van der Waals surface area contributed by atoms with Crippen molar-refractivity contribution in [3.8, 4) is 0 Å². The number of rotatable bonds is 11. The molecule has 0 fully saturated rings. The summed E-state index contributed by atoms with van der Waals surface area (Å²) in [6.07, 6.45) is 0.720. The Labute approximate surface area is 230 Å². The summed E-state index contributed by atoms with van der Waals surface area (Å²) in [7, 11) is -4.20. The second-order valence-corrected chi connectivity index (χ2v) is 11.7. The summed E-state index contributed by atoms with van der Waals surface area (Å²) >= 11 is 0. The van der Waals surface area contributed by atoms with Gasteiger partial charge in [-0.25, -0.2) is 12.8 Å². The first-order valence-corrected chi connectivity index (χ1v) is 14.4. The van der Waals surface area contributed by atoms with Crippen molar-refractivity contribution in [1.29, 1.82) is 0 Å². The van der Waals surface area contributed by atoms with Crippen molar-refractivity contribution in [2.75, 3.05) is 10.8 Å². The van der Waals surface area contributed by atoms with Gasteiger partial charge in [-0.3, -0.25) is 13.9 Å². The SMILES string of the molecule is CC[C@@H](C)NC(=O)[C@H](C)N(Cc1ccc(C)cc1)C(=O)CN(c1ccc(F)cc1)S(=O)(=O)c1ccc(C)cc1. The fraction of sp³-hybridized carbons (Fsp3) is 0.333. The first kappa shape index (κ1) is 29.8. The Hall–Kier alpha value is -3.72. The number of hydrogen-bond acceptors (Lipinski definition) is 4. The number of carbonyl (C=O) groups excluding carboxylic acids is 2. The molecule has 3 aromatic rings. The number of sulfonamides is 1. The summed E-state index contributed by atoms with van der Waals surface area (Å²) < 4.78 is 42.2. The standard InChI is InChI=1S/C30H36FN3O4S/c1-6-23(4)32-30(36)24(5)33(19-25-11-7-21(2)8-12-25)29(35)20-34(27-15-13-26(31)14-16-27)39(37,38)28-17-9-22(3)10-18-28/h7-18,23-24H,6,19-20H2,1-5H3,(H,32,36)/t23-,24+/m1/s1. The lowest BCUT2D eigenvalue weighted by molar-refractivity contribution is -0.139. The molecule has 2 atom stereocenters. The topological polar surface area (TPSA) is 86.8 Å². The molecular formula is C30H36FN3O4S. The monoisotopic (exact) mass is 553 g/mol. The Morgan fingerprint density at radius 3 is 1.95 bits per heavy atom. The van der Waals surface area contributed by atoms with Crippen LogP contribution in [0.15, 0.2) is 77.7 Å². The molecule has 7 nitrogen and oxygen atoms in total. The number of hydrogen-bond donors (Lipinski definition) is 1. The van der Waals surface area contributed by atoms with Gasteiger partial charge in [0.25, 0.3) is 10.0 Å². The zero-order valence-electron chi connectivity index (χ0n) is 23.0. The van der Waals surface area contributed by atoms with E-state index in [1.165, 1.54) is 29.2 Å². The van der Waals surface area contributed by atoms with Crippen LogP contribution >= 0.6 is 0 Å². The van der Waals surface area contributed by atoms with Gasteiger partial charge in [-0.05, 0) is 76.1 Å². The number of amides is 2. The predicted molar refractivity (Wildman–Crippen MR) is 151 cm³/mol. The van der Waals surface area contributed by atoms with Crippen molar-refractivity contribution < 1.29 is 22.4 Å². The third kappa shape index (κ3) is 7.66. The summed E-state index contributed by atoms with van der Waals surface area (Å²) in [5, 5.41) is 2.91. The lowest BCUT2D eigenvalue weighted by Gasteiger charge is -2.32. The van der Waals surface area contributed by atoms with E-state index in [1.807, 2.05) is 52.0 Å². The van der Waals surface area contributed by atoms with Gasteiger partial charge in [0.1, 0.15) is 18.4 Å². The second kappa shape index (κ2) is 12.9. The van der Waals surface area contributed by atoms with Crippen molar-refractivity contribution in [3.63, 3.8) is 0 Å². The van der Waals surface area contributed by atoms with E-state index < -0.39 is 34.3 Å². The van der Waals surface area contributed by atoms with Crippen molar-refractivity contribution in [2.24, 2.45) is 0 Å². The molecule has 0 aliphatic rings. The van der Waals surface area contributed by atoms with Crippen LogP contribution in [0.1, 0.15) is 43.9 Å². The summed E-state index contributed by atoms with van der Waals surface area (Å²) in [6, 6.07) is 17.8. The van der Waals surface area contributed by atoms with Gasteiger partial charge >= 0.3 is 0 Å². The van der Waals surface area contributed by atoms with E-state index in [4.69, 9.17) is 0 Å². The Morgan fingerprint density at radius 2 is 1.41 bits per heavy atom. The maximum atomic E-state index is 13.9. The molecule has 1 N–H and O–H groups in total. The number of aryl methyl sites for hydroxylation is 2. The van der Waals surface area contributed by atoms with E-state index in [2.05, 4.69) is 5.32 Å². The Bertz CT molecular complexity index is 1380. The molecule has 0 saturated carbocycles. The Kier molecular flexibility index (Phi) is 9.86. The van der Waals surface area contributed by atoms with Gasteiger partial charge < -0.3 is 10.2 Å². The molecule has 0 heterocycles. The minimum absolute atomic E-state index is 0.00197. The first-order chi connectivity index (χ1) is 18.4. The highest BCUT2D eigenvalue weighted by atomic mass is 32.2. The van der Waals surface area contributed by atoms with Crippen molar-refractivity contribution in [2.45, 2.75) is 64.6 Å². The molecule has 0 spiro atoms. The van der Waals surface area contributed by atoms with E-state index in [1.54, 1.807) is 19.1 Å². The van der Waals surface area contributed by atoms with Crippen LogP contribution in [0.4, 0.5) is 10.1 Å². The lowest BCUT2D eigenvalue weighted by atomic mass is 10.1. The van der Waals surface area contributed by atoms with E-state index in [9.17, 15) is 22.4 Å². The molecule has 0 aliphatic carbocycles. The molecule has 0 unspecified atom stereocenters. The molecule has 0 aromatic heterocycles. The normalized spacial score (nSPS) is 12.9. The molecule has 3 rings (SSSR count). The third-order valence-corrected chi connectivity index (χ3v) is 8.43. The fourth-order valence-corrected chi connectivity index (χ4v) is 5.33. The molecule has 0 bridgehead atoms. The van der Waals surface area contributed by atoms with Gasteiger partial charge in [0, 0.05) is 12.6 Å². The summed E-state index contributed by atoms with van der Waals surface area (Å²) in [5.74, 6) is -1.43. The molecule has 2 amide bonds. The molecule has 39 heavy (non-hydrogen) atoms. The van der Waals surface area contributed by atoms with Crippen LogP contribution in [0.3, 0.4) is 0 Å². The van der Waals surface area contributed by atoms with Crippen LogP contribution in [0.5, 0.6) is 0 Å². The quantitative estimate of drug-likeness (QED) is 0.363. The maximum Gasteiger partial charge on any atom is 0.264 e. The van der Waals surface area contributed by atoms with Crippen molar-refractivity contribution >= 4 is 27.5 Å². The molecule has 0 saturated heterocycles. The second-order valence-electron chi connectivity index (χ2n) is 9.80. The largest absolute Gasteiger partial charge is 0.352 e. The van der Waals surface area contributed by atoms with E-state index in [0.29, 0.717) is 0 Å². The highest BCUT2D eigenvalue weighted by Crippen LogP contribution is 2.25. The van der Waals surface area contributed by atoms with Gasteiger partial charge in [-0.1, -0.05) is 54.4 Å². The first-order valence-electron chi connectivity index (χ1n) is 12.9. The maximum absolute atomic E-state index is 13.9. The van der Waals surface area contributed by atoms with Crippen molar-refractivity contribution in [1.82, 2.24) is 10.2 Å². The van der Waals surface area contributed by atoms with Crippen LogP contribution in [0.2, 0.25) is 0 Å². The summed E-state index contributed by atoms with van der Waals surface area (Å²) in [6.45, 7) is 8.77. The number of benzene rings is 3. The highest BCUT2D eigenvalue weighted by Gasteiger charge is 2.32. The molecular weight excluding hydrogens is 517 g/mol. The zero-order valence-corrected chi connectivity index (χ0v) is 23.8. The van der Waals surface area contributed by atoms with Gasteiger partial charge in [-0.2, -0.15) is 0 Å². The average Bonchev–Trinajstić information content (AvgIpc) is 2.91.